The molecule has 0 aliphatic rings. The third-order valence-electron chi connectivity index (χ3n) is 1.03. The van der Waals surface area contributed by atoms with Crippen molar-refractivity contribution in [3.8, 4) is 0 Å². The van der Waals surface area contributed by atoms with E-state index in [9.17, 15) is 19.8 Å². The van der Waals surface area contributed by atoms with Crippen LogP contribution in [0.3, 0.4) is 0 Å². The minimum absolute atomic E-state index is 0. The van der Waals surface area contributed by atoms with Gasteiger partial charge < -0.3 is 25.5 Å². The summed E-state index contributed by atoms with van der Waals surface area (Å²) in [6.45, 7) is 1.26. The summed E-state index contributed by atoms with van der Waals surface area (Å²) in [7, 11) is 0. The first-order chi connectivity index (χ1) is 4.46. The van der Waals surface area contributed by atoms with Gasteiger partial charge in [0.1, 0.15) is 0 Å². The fraction of sp³-hybridized carbons (Fsp3) is 0.600. The number of carbonyl (C=O) groups is 2. The maximum Gasteiger partial charge on any atom is 0.0530 e. The summed E-state index contributed by atoms with van der Waals surface area (Å²) < 4.78 is 0. The second kappa shape index (κ2) is 4.92. The highest BCUT2D eigenvalue weighted by Crippen LogP contribution is 1.96. The van der Waals surface area contributed by atoms with Crippen LogP contribution in [0.5, 0.6) is 0 Å². The van der Waals surface area contributed by atoms with Gasteiger partial charge in [-0.05, 0) is 6.92 Å². The summed E-state index contributed by atoms with van der Waals surface area (Å²) in [6.07, 6.45) is 0. The van der Waals surface area contributed by atoms with E-state index in [0.717, 1.165) is 0 Å². The van der Waals surface area contributed by atoms with Crippen molar-refractivity contribution in [2.24, 2.45) is 11.7 Å². The van der Waals surface area contributed by atoms with Gasteiger partial charge in [-0.1, -0.05) is 0 Å². The topological polar surface area (TPSA) is 106 Å². The third kappa shape index (κ3) is 3.79. The number of rotatable bonds is 3. The van der Waals surface area contributed by atoms with E-state index < -0.39 is 23.9 Å². The number of carboxylic acid groups (broad SMARTS) is 2. The first-order valence-corrected chi connectivity index (χ1v) is 2.64. The lowest BCUT2D eigenvalue weighted by Crippen LogP contribution is -2.51. The Morgan fingerprint density at radius 1 is 1.27 bits per heavy atom. The minimum Gasteiger partial charge on any atom is -0.549 e. The molecule has 0 saturated carbocycles. The Labute approximate surface area is 69.6 Å². The van der Waals surface area contributed by atoms with Crippen LogP contribution in [0.15, 0.2) is 0 Å². The molecular formula is C5H8ClNO4-2. The van der Waals surface area contributed by atoms with Crippen molar-refractivity contribution < 1.29 is 19.8 Å². The zero-order chi connectivity index (χ0) is 8.31. The summed E-state index contributed by atoms with van der Waals surface area (Å²) >= 11 is 0. The number of nitrogens with two attached hydrogens (primary N) is 1. The van der Waals surface area contributed by atoms with Gasteiger partial charge in [-0.2, -0.15) is 0 Å². The summed E-state index contributed by atoms with van der Waals surface area (Å²) in [4.78, 5) is 19.9. The van der Waals surface area contributed by atoms with Crippen molar-refractivity contribution >= 4 is 24.3 Å². The van der Waals surface area contributed by atoms with E-state index in [-0.39, 0.29) is 12.4 Å². The Kier molecular flexibility index (Phi) is 5.74. The van der Waals surface area contributed by atoms with Crippen molar-refractivity contribution in [2.75, 3.05) is 0 Å². The summed E-state index contributed by atoms with van der Waals surface area (Å²) in [6, 6.07) is -0.991. The molecule has 0 aliphatic carbocycles. The maximum atomic E-state index is 9.97. The molecule has 0 aliphatic heterocycles. The lowest BCUT2D eigenvalue weighted by atomic mass is 10.0. The van der Waals surface area contributed by atoms with Gasteiger partial charge in [0.15, 0.2) is 0 Å². The van der Waals surface area contributed by atoms with Crippen LogP contribution < -0.4 is 15.9 Å². The lowest BCUT2D eigenvalue weighted by molar-refractivity contribution is -0.332. The van der Waals surface area contributed by atoms with Gasteiger partial charge in [0.2, 0.25) is 0 Å². The Morgan fingerprint density at radius 2 is 1.55 bits per heavy atom. The number of halogens is 1. The third-order valence-corrected chi connectivity index (χ3v) is 1.03. The average molecular weight is 182 g/mol. The second-order valence-electron chi connectivity index (χ2n) is 1.97. The molecule has 0 fully saturated rings. The number of hydrogen-bond acceptors (Lipinski definition) is 5. The monoisotopic (exact) mass is 181 g/mol. The van der Waals surface area contributed by atoms with E-state index in [1.807, 2.05) is 0 Å². The molecule has 1 unspecified atom stereocenters. The Balaban J connectivity index is 0. The van der Waals surface area contributed by atoms with Crippen LogP contribution in [-0.4, -0.2) is 18.0 Å². The van der Waals surface area contributed by atoms with Crippen LogP contribution >= 0.6 is 12.4 Å². The number of carboxylic acids is 2. The lowest BCUT2D eigenvalue weighted by Gasteiger charge is -2.21. The second-order valence-corrected chi connectivity index (χ2v) is 1.97. The van der Waals surface area contributed by atoms with Crippen molar-refractivity contribution in [3.05, 3.63) is 0 Å². The quantitative estimate of drug-likeness (QED) is 0.464. The van der Waals surface area contributed by atoms with Gasteiger partial charge in [0, 0.05) is 6.04 Å². The fourth-order valence-electron chi connectivity index (χ4n) is 0.526. The largest absolute Gasteiger partial charge is 0.549 e. The molecule has 0 bridgehead atoms. The molecular weight excluding hydrogens is 174 g/mol. The Bertz CT molecular complexity index is 145. The molecule has 0 aromatic heterocycles. The van der Waals surface area contributed by atoms with E-state index in [2.05, 4.69) is 0 Å². The van der Waals surface area contributed by atoms with Gasteiger partial charge >= 0.3 is 0 Å². The van der Waals surface area contributed by atoms with E-state index in [1.165, 1.54) is 6.92 Å². The number of aliphatic carboxylic acids is 2. The van der Waals surface area contributed by atoms with Crippen molar-refractivity contribution in [3.63, 3.8) is 0 Å². The van der Waals surface area contributed by atoms with Crippen LogP contribution in [0.2, 0.25) is 0 Å². The molecule has 0 saturated heterocycles. The van der Waals surface area contributed by atoms with Crippen molar-refractivity contribution in [1.29, 1.82) is 0 Å². The van der Waals surface area contributed by atoms with E-state index >= 15 is 0 Å². The molecule has 0 aromatic rings. The van der Waals surface area contributed by atoms with Gasteiger partial charge in [-0.25, -0.2) is 0 Å². The highest BCUT2D eigenvalue weighted by Gasteiger charge is 2.15. The normalized spacial score (nSPS) is 11.9. The van der Waals surface area contributed by atoms with Gasteiger partial charge in [-0.3, -0.25) is 0 Å². The van der Waals surface area contributed by atoms with Crippen LogP contribution in [-0.2, 0) is 9.59 Å². The molecule has 66 valence electrons. The van der Waals surface area contributed by atoms with Gasteiger partial charge in [0.25, 0.3) is 0 Å². The highest BCUT2D eigenvalue weighted by atomic mass is 35.5. The molecule has 1 atom stereocenters. The standard InChI is InChI=1S/C5H9NO4.ClH/c1-2(6)3(4(7)8)5(9)10;/h2-3H,6H2,1H3,(H,7,8)(H,9,10);1H/p-2. The van der Waals surface area contributed by atoms with Crippen molar-refractivity contribution in [1.82, 2.24) is 0 Å². The SMILES string of the molecule is CC(N)C(C(=O)[O-])C(=O)[O-].Cl. The summed E-state index contributed by atoms with van der Waals surface area (Å²) in [5, 5.41) is 19.9. The first-order valence-electron chi connectivity index (χ1n) is 2.64. The van der Waals surface area contributed by atoms with Gasteiger partial charge in [0.05, 0.1) is 17.9 Å². The zero-order valence-corrected chi connectivity index (χ0v) is 6.59. The smallest absolute Gasteiger partial charge is 0.0530 e. The van der Waals surface area contributed by atoms with Crippen LogP contribution in [0, 0.1) is 5.92 Å². The van der Waals surface area contributed by atoms with Crippen LogP contribution in [0.4, 0.5) is 0 Å². The molecule has 11 heavy (non-hydrogen) atoms. The molecule has 0 aromatic carbocycles. The average Bonchev–Trinajstić information content (AvgIpc) is 1.59. The molecule has 0 rings (SSSR count). The first kappa shape index (κ1) is 12.8. The number of carbonyl (C=O) groups excluding carboxylic acids is 2. The molecule has 2 N–H and O–H groups in total. The predicted octanol–water partition coefficient (Wildman–Crippen LogP) is -3.13. The maximum absolute atomic E-state index is 9.97. The fourth-order valence-corrected chi connectivity index (χ4v) is 0.526. The van der Waals surface area contributed by atoms with E-state index in [1.54, 1.807) is 0 Å². The van der Waals surface area contributed by atoms with Crippen LogP contribution in [0.1, 0.15) is 6.92 Å². The summed E-state index contributed by atoms with van der Waals surface area (Å²) in [5.41, 5.74) is 5.00. The van der Waals surface area contributed by atoms with Crippen molar-refractivity contribution in [2.45, 2.75) is 13.0 Å². The molecule has 0 heterocycles. The molecule has 0 amide bonds. The van der Waals surface area contributed by atoms with E-state index in [4.69, 9.17) is 5.73 Å². The predicted molar refractivity (Wildman–Crippen MR) is 34.4 cm³/mol. The molecule has 6 heteroatoms. The van der Waals surface area contributed by atoms with Gasteiger partial charge in [-0.15, -0.1) is 12.4 Å². The van der Waals surface area contributed by atoms with Crippen LogP contribution in [0.25, 0.3) is 0 Å². The molecule has 5 nitrogen and oxygen atoms in total. The Hall–Kier alpha value is -0.810. The highest BCUT2D eigenvalue weighted by molar-refractivity contribution is 5.91. The number of hydrogen-bond donors (Lipinski definition) is 1. The Morgan fingerprint density at radius 3 is 1.55 bits per heavy atom. The minimum atomic E-state index is -1.72. The molecule has 0 radical (unpaired) electrons. The summed E-state index contributed by atoms with van der Waals surface area (Å²) in [5.74, 6) is -5.15. The zero-order valence-electron chi connectivity index (χ0n) is 5.77. The molecule has 0 spiro atoms. The van der Waals surface area contributed by atoms with E-state index in [0.29, 0.717) is 0 Å².